The maximum atomic E-state index is 12.2. The van der Waals surface area contributed by atoms with Crippen LogP contribution in [0.4, 0.5) is 4.79 Å². The van der Waals surface area contributed by atoms with Gasteiger partial charge in [-0.05, 0) is 38.5 Å². The third-order valence-corrected chi connectivity index (χ3v) is 3.63. The fraction of sp³-hybridized carbons (Fsp3) is 0.375. The number of hydrogen-bond donors (Lipinski definition) is 1. The SMILES string of the molecule is CC(C)(C)OC(=O)N1C(=O)C=C[C@@H]1[C@@H](O)c1ccc(Br)cc1. The van der Waals surface area contributed by atoms with Crippen LogP contribution < -0.4 is 0 Å². The van der Waals surface area contributed by atoms with E-state index in [1.54, 1.807) is 45.0 Å². The molecule has 2 atom stereocenters. The zero-order valence-electron chi connectivity index (χ0n) is 12.6. The van der Waals surface area contributed by atoms with Crippen molar-refractivity contribution in [3.8, 4) is 0 Å². The van der Waals surface area contributed by atoms with Crippen LogP contribution in [0.15, 0.2) is 40.9 Å². The van der Waals surface area contributed by atoms with Crippen molar-refractivity contribution in [1.82, 2.24) is 4.90 Å². The first kappa shape index (κ1) is 16.7. The molecule has 0 unspecified atom stereocenters. The second-order valence-corrected chi connectivity index (χ2v) is 6.95. The monoisotopic (exact) mass is 367 g/mol. The third kappa shape index (κ3) is 3.75. The molecule has 1 N–H and O–H groups in total. The van der Waals surface area contributed by atoms with E-state index in [0.29, 0.717) is 5.56 Å². The van der Waals surface area contributed by atoms with Gasteiger partial charge in [0.05, 0.1) is 6.04 Å². The van der Waals surface area contributed by atoms with E-state index in [4.69, 9.17) is 4.74 Å². The summed E-state index contributed by atoms with van der Waals surface area (Å²) in [6, 6.07) is 6.27. The zero-order chi connectivity index (χ0) is 16.5. The predicted molar refractivity (Wildman–Crippen MR) is 85.1 cm³/mol. The molecule has 1 aliphatic rings. The number of ether oxygens (including phenoxy) is 1. The van der Waals surface area contributed by atoms with Crippen molar-refractivity contribution in [2.45, 2.75) is 38.5 Å². The Bertz CT molecular complexity index is 604. The molecule has 1 aromatic carbocycles. The quantitative estimate of drug-likeness (QED) is 0.871. The van der Waals surface area contributed by atoms with E-state index in [9.17, 15) is 14.7 Å². The standard InChI is InChI=1S/C16H18BrNO4/c1-16(2,3)22-15(21)18-12(8-9-13(18)19)14(20)10-4-6-11(17)7-5-10/h4-9,12,14,20H,1-3H3/t12-,14+/m1/s1. The van der Waals surface area contributed by atoms with Gasteiger partial charge in [0.15, 0.2) is 0 Å². The molecule has 0 aromatic heterocycles. The van der Waals surface area contributed by atoms with E-state index < -0.39 is 29.7 Å². The van der Waals surface area contributed by atoms with Crippen molar-refractivity contribution in [1.29, 1.82) is 0 Å². The normalized spacial score (nSPS) is 19.4. The van der Waals surface area contributed by atoms with Crippen molar-refractivity contribution in [3.05, 3.63) is 46.5 Å². The van der Waals surface area contributed by atoms with E-state index in [1.807, 2.05) is 0 Å². The molecule has 0 bridgehead atoms. The van der Waals surface area contributed by atoms with E-state index in [-0.39, 0.29) is 0 Å². The molecule has 1 aliphatic heterocycles. The molecule has 0 radical (unpaired) electrons. The van der Waals surface area contributed by atoms with Crippen LogP contribution in [-0.4, -0.2) is 33.6 Å². The molecule has 0 spiro atoms. The Morgan fingerprint density at radius 1 is 1.32 bits per heavy atom. The molecular formula is C16H18BrNO4. The number of aliphatic hydroxyl groups is 1. The first-order chi connectivity index (χ1) is 10.2. The second-order valence-electron chi connectivity index (χ2n) is 6.03. The Kier molecular flexibility index (Phi) is 4.72. The van der Waals surface area contributed by atoms with Crippen LogP contribution in [0.1, 0.15) is 32.4 Å². The van der Waals surface area contributed by atoms with Crippen molar-refractivity contribution in [3.63, 3.8) is 0 Å². The fourth-order valence-electron chi connectivity index (χ4n) is 2.12. The fourth-order valence-corrected chi connectivity index (χ4v) is 2.38. The van der Waals surface area contributed by atoms with E-state index in [0.717, 1.165) is 9.37 Å². The van der Waals surface area contributed by atoms with Gasteiger partial charge in [0.1, 0.15) is 11.7 Å². The van der Waals surface area contributed by atoms with Gasteiger partial charge in [-0.15, -0.1) is 0 Å². The van der Waals surface area contributed by atoms with Crippen molar-refractivity contribution in [2.24, 2.45) is 0 Å². The molecule has 0 fully saturated rings. The summed E-state index contributed by atoms with van der Waals surface area (Å²) in [5.74, 6) is -0.490. The second kappa shape index (κ2) is 6.22. The van der Waals surface area contributed by atoms with Gasteiger partial charge in [-0.2, -0.15) is 0 Å². The van der Waals surface area contributed by atoms with Crippen LogP contribution in [0.2, 0.25) is 0 Å². The summed E-state index contributed by atoms with van der Waals surface area (Å²) in [5, 5.41) is 10.5. The van der Waals surface area contributed by atoms with Gasteiger partial charge in [-0.3, -0.25) is 4.79 Å². The highest BCUT2D eigenvalue weighted by Crippen LogP contribution is 2.28. The molecule has 118 valence electrons. The first-order valence-electron chi connectivity index (χ1n) is 6.87. The lowest BCUT2D eigenvalue weighted by atomic mass is 10.0. The molecule has 2 rings (SSSR count). The van der Waals surface area contributed by atoms with E-state index >= 15 is 0 Å². The summed E-state index contributed by atoms with van der Waals surface area (Å²) >= 11 is 3.32. The minimum Gasteiger partial charge on any atom is -0.443 e. The van der Waals surface area contributed by atoms with Gasteiger partial charge >= 0.3 is 6.09 Å². The zero-order valence-corrected chi connectivity index (χ0v) is 14.2. The number of amides is 2. The number of halogens is 1. The molecule has 1 aromatic rings. The lowest BCUT2D eigenvalue weighted by Crippen LogP contribution is -2.45. The van der Waals surface area contributed by atoms with Gasteiger partial charge in [0, 0.05) is 10.5 Å². The highest BCUT2D eigenvalue weighted by atomic mass is 79.9. The van der Waals surface area contributed by atoms with Crippen LogP contribution in [0.25, 0.3) is 0 Å². The van der Waals surface area contributed by atoms with Crippen LogP contribution in [-0.2, 0) is 9.53 Å². The van der Waals surface area contributed by atoms with E-state index in [1.165, 1.54) is 12.2 Å². The minimum atomic E-state index is -1.01. The lowest BCUT2D eigenvalue weighted by Gasteiger charge is -2.29. The smallest absolute Gasteiger partial charge is 0.417 e. The Morgan fingerprint density at radius 2 is 1.91 bits per heavy atom. The van der Waals surface area contributed by atoms with Gasteiger partial charge in [0.2, 0.25) is 0 Å². The molecule has 2 amide bonds. The highest BCUT2D eigenvalue weighted by molar-refractivity contribution is 9.10. The van der Waals surface area contributed by atoms with Gasteiger partial charge < -0.3 is 9.84 Å². The molecule has 6 heteroatoms. The molecule has 0 aliphatic carbocycles. The molecular weight excluding hydrogens is 350 g/mol. The van der Waals surface area contributed by atoms with Gasteiger partial charge in [-0.25, -0.2) is 9.69 Å². The Morgan fingerprint density at radius 3 is 2.45 bits per heavy atom. The lowest BCUT2D eigenvalue weighted by molar-refractivity contribution is -0.126. The Balaban J connectivity index is 2.21. The predicted octanol–water partition coefficient (Wildman–Crippen LogP) is 3.18. The first-order valence-corrected chi connectivity index (χ1v) is 7.66. The maximum Gasteiger partial charge on any atom is 0.417 e. The average molecular weight is 368 g/mol. The summed E-state index contributed by atoms with van der Waals surface area (Å²) in [5.41, 5.74) is -0.103. The Labute approximate surface area is 137 Å². The number of aliphatic hydroxyl groups excluding tert-OH is 1. The number of hydrogen-bond acceptors (Lipinski definition) is 4. The van der Waals surface area contributed by atoms with E-state index in [2.05, 4.69) is 15.9 Å². The number of rotatable bonds is 2. The summed E-state index contributed by atoms with van der Waals surface area (Å²) in [6.07, 6.45) is 1.02. The van der Waals surface area contributed by atoms with Gasteiger partial charge in [-0.1, -0.05) is 34.1 Å². The average Bonchev–Trinajstić information content (AvgIpc) is 2.79. The van der Waals surface area contributed by atoms with Crippen LogP contribution in [0.3, 0.4) is 0 Å². The van der Waals surface area contributed by atoms with Crippen molar-refractivity contribution >= 4 is 27.9 Å². The van der Waals surface area contributed by atoms with Crippen molar-refractivity contribution < 1.29 is 19.4 Å². The Hall–Kier alpha value is -1.66. The number of nitrogens with zero attached hydrogens (tertiary/aromatic N) is 1. The van der Waals surface area contributed by atoms with Crippen LogP contribution in [0.5, 0.6) is 0 Å². The largest absolute Gasteiger partial charge is 0.443 e. The summed E-state index contributed by atoms with van der Waals surface area (Å²) < 4.78 is 6.12. The highest BCUT2D eigenvalue weighted by Gasteiger charge is 2.39. The number of imide groups is 1. The molecule has 0 saturated carbocycles. The van der Waals surface area contributed by atoms with Crippen LogP contribution >= 0.6 is 15.9 Å². The van der Waals surface area contributed by atoms with Crippen LogP contribution in [0, 0.1) is 0 Å². The summed E-state index contributed by atoms with van der Waals surface area (Å²) in [7, 11) is 0. The topological polar surface area (TPSA) is 66.8 Å². The maximum absolute atomic E-state index is 12.2. The number of carbonyl (C=O) groups is 2. The number of carbonyl (C=O) groups excluding carboxylic acids is 2. The minimum absolute atomic E-state index is 0.490. The van der Waals surface area contributed by atoms with Gasteiger partial charge in [0.25, 0.3) is 5.91 Å². The molecule has 22 heavy (non-hydrogen) atoms. The third-order valence-electron chi connectivity index (χ3n) is 3.10. The number of benzene rings is 1. The summed E-state index contributed by atoms with van der Waals surface area (Å²) in [4.78, 5) is 25.1. The molecule has 5 nitrogen and oxygen atoms in total. The molecule has 0 saturated heterocycles. The molecule has 1 heterocycles. The van der Waals surface area contributed by atoms with Crippen molar-refractivity contribution in [2.75, 3.05) is 0 Å². The summed E-state index contributed by atoms with van der Waals surface area (Å²) in [6.45, 7) is 5.16.